The molecule has 2 N–H and O–H groups in total. The first-order chi connectivity index (χ1) is 10.5. The van der Waals surface area contributed by atoms with Crippen molar-refractivity contribution in [2.75, 3.05) is 5.32 Å². The zero-order chi connectivity index (χ0) is 15.7. The monoisotopic (exact) mass is 302 g/mol. The zero-order valence-electron chi connectivity index (χ0n) is 12.3. The summed E-state index contributed by atoms with van der Waals surface area (Å²) in [6.45, 7) is 1.56. The molecule has 1 unspecified atom stereocenters. The van der Waals surface area contributed by atoms with E-state index in [0.29, 0.717) is 18.4 Å². The summed E-state index contributed by atoms with van der Waals surface area (Å²) < 4.78 is 5.20. The van der Waals surface area contributed by atoms with Gasteiger partial charge in [0.15, 0.2) is 6.10 Å². The molecule has 6 nitrogen and oxygen atoms in total. The van der Waals surface area contributed by atoms with Crippen molar-refractivity contribution in [3.63, 3.8) is 0 Å². The maximum absolute atomic E-state index is 12.1. The molecule has 1 saturated carbocycles. The van der Waals surface area contributed by atoms with Gasteiger partial charge in [-0.25, -0.2) is 4.79 Å². The molecule has 1 aliphatic heterocycles. The molecule has 3 rings (SSSR count). The Morgan fingerprint density at radius 1 is 1.32 bits per heavy atom. The first kappa shape index (κ1) is 14.6. The Balaban J connectivity index is 1.64. The van der Waals surface area contributed by atoms with Gasteiger partial charge < -0.3 is 15.4 Å². The molecule has 2 amide bonds. The minimum absolute atomic E-state index is 0.0202. The summed E-state index contributed by atoms with van der Waals surface area (Å²) in [4.78, 5) is 35.2. The van der Waals surface area contributed by atoms with Gasteiger partial charge in [0.05, 0.1) is 5.56 Å². The highest BCUT2D eigenvalue weighted by Crippen LogP contribution is 2.24. The Kier molecular flexibility index (Phi) is 3.83. The molecule has 116 valence electrons. The number of carbonyl (C=O) groups is 3. The van der Waals surface area contributed by atoms with Crippen molar-refractivity contribution in [2.45, 2.75) is 44.8 Å². The lowest BCUT2D eigenvalue weighted by Gasteiger charge is -2.18. The fourth-order valence-electron chi connectivity index (χ4n) is 2.34. The Bertz CT molecular complexity index is 637. The third-order valence-corrected chi connectivity index (χ3v) is 3.81. The van der Waals surface area contributed by atoms with Crippen LogP contribution in [0.2, 0.25) is 0 Å². The quantitative estimate of drug-likeness (QED) is 0.823. The van der Waals surface area contributed by atoms with E-state index in [-0.39, 0.29) is 17.9 Å². The molecule has 0 saturated heterocycles. The summed E-state index contributed by atoms with van der Waals surface area (Å²) in [5, 5.41) is 5.56. The van der Waals surface area contributed by atoms with Crippen molar-refractivity contribution >= 4 is 23.5 Å². The van der Waals surface area contributed by atoms with E-state index < -0.39 is 12.1 Å². The van der Waals surface area contributed by atoms with Gasteiger partial charge in [-0.3, -0.25) is 9.59 Å². The molecule has 0 radical (unpaired) electrons. The molecule has 1 atom stereocenters. The minimum Gasteiger partial charge on any atom is -0.449 e. The molecule has 1 aliphatic carbocycles. The average molecular weight is 302 g/mol. The number of rotatable bonds is 4. The SMILES string of the molecule is CC(OC(=O)c1ccc2c(c1)CCC(=O)N2)C(=O)NC1CC1. The molecule has 1 aromatic carbocycles. The lowest BCUT2D eigenvalue weighted by molar-refractivity contribution is -0.129. The summed E-state index contributed by atoms with van der Waals surface area (Å²) in [6, 6.07) is 5.24. The lowest BCUT2D eigenvalue weighted by Crippen LogP contribution is -2.37. The van der Waals surface area contributed by atoms with Crippen molar-refractivity contribution in [2.24, 2.45) is 0 Å². The van der Waals surface area contributed by atoms with E-state index >= 15 is 0 Å². The molecule has 1 heterocycles. The maximum atomic E-state index is 12.1. The van der Waals surface area contributed by atoms with E-state index in [0.717, 1.165) is 24.1 Å². The van der Waals surface area contributed by atoms with Crippen LogP contribution in [0.5, 0.6) is 0 Å². The van der Waals surface area contributed by atoms with Crippen LogP contribution in [0.15, 0.2) is 18.2 Å². The van der Waals surface area contributed by atoms with Gasteiger partial charge in [0.2, 0.25) is 5.91 Å². The number of hydrogen-bond donors (Lipinski definition) is 2. The number of anilines is 1. The summed E-state index contributed by atoms with van der Waals surface area (Å²) in [7, 11) is 0. The number of aryl methyl sites for hydroxylation is 1. The minimum atomic E-state index is -0.816. The molecular weight excluding hydrogens is 284 g/mol. The topological polar surface area (TPSA) is 84.5 Å². The molecule has 1 fully saturated rings. The van der Waals surface area contributed by atoms with E-state index in [1.54, 1.807) is 25.1 Å². The third-order valence-electron chi connectivity index (χ3n) is 3.81. The molecule has 0 bridgehead atoms. The third kappa shape index (κ3) is 3.27. The molecule has 0 aromatic heterocycles. The number of ether oxygens (including phenoxy) is 1. The van der Waals surface area contributed by atoms with E-state index in [1.165, 1.54) is 0 Å². The van der Waals surface area contributed by atoms with Crippen LogP contribution in [0.25, 0.3) is 0 Å². The number of fused-ring (bicyclic) bond motifs is 1. The first-order valence-electron chi connectivity index (χ1n) is 7.47. The molecule has 1 aromatic rings. The highest BCUT2D eigenvalue weighted by molar-refractivity contribution is 5.96. The van der Waals surface area contributed by atoms with E-state index in [1.807, 2.05) is 0 Å². The van der Waals surface area contributed by atoms with Crippen molar-refractivity contribution in [1.82, 2.24) is 5.32 Å². The Hall–Kier alpha value is -2.37. The van der Waals surface area contributed by atoms with E-state index in [4.69, 9.17) is 4.74 Å². The Labute approximate surface area is 128 Å². The van der Waals surface area contributed by atoms with Crippen LogP contribution >= 0.6 is 0 Å². The van der Waals surface area contributed by atoms with Crippen LogP contribution in [0.4, 0.5) is 5.69 Å². The second-order valence-electron chi connectivity index (χ2n) is 5.75. The lowest BCUT2D eigenvalue weighted by atomic mass is 10.0. The van der Waals surface area contributed by atoms with Gasteiger partial charge in [-0.1, -0.05) is 0 Å². The Morgan fingerprint density at radius 2 is 2.09 bits per heavy atom. The van der Waals surface area contributed by atoms with Crippen LogP contribution < -0.4 is 10.6 Å². The highest BCUT2D eigenvalue weighted by Gasteiger charge is 2.27. The predicted molar refractivity (Wildman–Crippen MR) is 79.4 cm³/mol. The zero-order valence-corrected chi connectivity index (χ0v) is 12.3. The summed E-state index contributed by atoms with van der Waals surface area (Å²) in [6.07, 6.45) is 2.17. The molecule has 0 spiro atoms. The van der Waals surface area contributed by atoms with Gasteiger partial charge in [-0.15, -0.1) is 0 Å². The van der Waals surface area contributed by atoms with Gasteiger partial charge in [0.1, 0.15) is 0 Å². The number of benzene rings is 1. The summed E-state index contributed by atoms with van der Waals surface area (Å²) in [5.74, 6) is -0.813. The summed E-state index contributed by atoms with van der Waals surface area (Å²) >= 11 is 0. The maximum Gasteiger partial charge on any atom is 0.338 e. The number of nitrogens with one attached hydrogen (secondary N) is 2. The van der Waals surface area contributed by atoms with Crippen LogP contribution in [-0.4, -0.2) is 29.9 Å². The molecular formula is C16H18N2O4. The van der Waals surface area contributed by atoms with Gasteiger partial charge in [0, 0.05) is 18.2 Å². The largest absolute Gasteiger partial charge is 0.449 e. The van der Waals surface area contributed by atoms with Crippen molar-refractivity contribution in [3.05, 3.63) is 29.3 Å². The van der Waals surface area contributed by atoms with E-state index in [2.05, 4.69) is 10.6 Å². The van der Waals surface area contributed by atoms with E-state index in [9.17, 15) is 14.4 Å². The molecule has 22 heavy (non-hydrogen) atoms. The van der Waals surface area contributed by atoms with Crippen molar-refractivity contribution < 1.29 is 19.1 Å². The fourth-order valence-corrected chi connectivity index (χ4v) is 2.34. The van der Waals surface area contributed by atoms with Gasteiger partial charge in [0.25, 0.3) is 5.91 Å². The standard InChI is InChI=1S/C16H18N2O4/c1-9(15(20)17-12-4-5-12)22-16(21)11-2-6-13-10(8-11)3-7-14(19)18-13/h2,6,8-9,12H,3-5,7H2,1H3,(H,17,20)(H,18,19). The van der Waals surface area contributed by atoms with Crippen LogP contribution in [-0.2, 0) is 20.7 Å². The van der Waals surface area contributed by atoms with Crippen LogP contribution in [0.1, 0.15) is 42.1 Å². The first-order valence-corrected chi connectivity index (χ1v) is 7.47. The van der Waals surface area contributed by atoms with Crippen LogP contribution in [0.3, 0.4) is 0 Å². The van der Waals surface area contributed by atoms with Gasteiger partial charge in [-0.05, 0) is 49.9 Å². The predicted octanol–water partition coefficient (Wildman–Crippen LogP) is 1.40. The second-order valence-corrected chi connectivity index (χ2v) is 5.75. The smallest absolute Gasteiger partial charge is 0.338 e. The second kappa shape index (κ2) is 5.79. The Morgan fingerprint density at radius 3 is 2.82 bits per heavy atom. The number of amides is 2. The van der Waals surface area contributed by atoms with Crippen molar-refractivity contribution in [1.29, 1.82) is 0 Å². The highest BCUT2D eigenvalue weighted by atomic mass is 16.5. The normalized spacial score (nSPS) is 18.0. The average Bonchev–Trinajstić information content (AvgIpc) is 3.30. The molecule has 6 heteroatoms. The van der Waals surface area contributed by atoms with Gasteiger partial charge >= 0.3 is 5.97 Å². The van der Waals surface area contributed by atoms with Crippen molar-refractivity contribution in [3.8, 4) is 0 Å². The summed E-state index contributed by atoms with van der Waals surface area (Å²) in [5.41, 5.74) is 2.03. The number of carbonyl (C=O) groups excluding carboxylic acids is 3. The number of esters is 1. The van der Waals surface area contributed by atoms with Crippen LogP contribution in [0, 0.1) is 0 Å². The fraction of sp³-hybridized carbons (Fsp3) is 0.438. The number of hydrogen-bond acceptors (Lipinski definition) is 4. The van der Waals surface area contributed by atoms with Gasteiger partial charge in [-0.2, -0.15) is 0 Å². The molecule has 2 aliphatic rings.